The molecule has 5 nitrogen and oxygen atoms in total. The predicted molar refractivity (Wildman–Crippen MR) is 83.9 cm³/mol. The topological polar surface area (TPSA) is 64.4 Å². The molecule has 0 amide bonds. The number of nitrogens with one attached hydrogen (secondary N) is 1. The quantitative estimate of drug-likeness (QED) is 0.624. The van der Waals surface area contributed by atoms with Gasteiger partial charge in [0.15, 0.2) is 0 Å². The molecular formula is C16H24N2O3. The number of anilines is 1. The van der Waals surface area contributed by atoms with E-state index >= 15 is 0 Å². The molecule has 0 radical (unpaired) electrons. The number of nitrogens with zero attached hydrogens (tertiary/aromatic N) is 1. The lowest BCUT2D eigenvalue weighted by Crippen LogP contribution is -2.25. The van der Waals surface area contributed by atoms with Gasteiger partial charge in [-0.3, -0.25) is 10.1 Å². The van der Waals surface area contributed by atoms with Crippen LogP contribution in [0.3, 0.4) is 0 Å². The lowest BCUT2D eigenvalue weighted by molar-refractivity contribution is -0.384. The van der Waals surface area contributed by atoms with Gasteiger partial charge in [0.25, 0.3) is 5.69 Å². The molecule has 1 aliphatic rings. The predicted octanol–water partition coefficient (Wildman–Crippen LogP) is 4.37. The molecule has 0 heterocycles. The fourth-order valence-corrected chi connectivity index (χ4v) is 2.72. The normalized spacial score (nSPS) is 21.8. The molecule has 1 saturated carbocycles. The van der Waals surface area contributed by atoms with Crippen molar-refractivity contribution in [2.75, 3.05) is 11.9 Å². The van der Waals surface area contributed by atoms with Crippen LogP contribution in [0.1, 0.15) is 46.0 Å². The molecule has 0 aliphatic heterocycles. The zero-order valence-electron chi connectivity index (χ0n) is 12.8. The van der Waals surface area contributed by atoms with E-state index in [0.717, 1.165) is 30.9 Å². The molecule has 5 heteroatoms. The number of nitro groups is 1. The monoisotopic (exact) mass is 292 g/mol. The average Bonchev–Trinajstić information content (AvgIpc) is 2.47. The highest BCUT2D eigenvalue weighted by atomic mass is 16.6. The van der Waals surface area contributed by atoms with Crippen molar-refractivity contribution >= 4 is 11.4 Å². The second-order valence-electron chi connectivity index (χ2n) is 5.92. The van der Waals surface area contributed by atoms with Crippen molar-refractivity contribution in [3.63, 3.8) is 0 Å². The van der Waals surface area contributed by atoms with Crippen LogP contribution in [-0.4, -0.2) is 17.6 Å². The Morgan fingerprint density at radius 3 is 2.62 bits per heavy atom. The van der Waals surface area contributed by atoms with Crippen molar-refractivity contribution in [3.05, 3.63) is 28.3 Å². The van der Waals surface area contributed by atoms with Crippen LogP contribution in [-0.2, 0) is 0 Å². The van der Waals surface area contributed by atoms with Crippen LogP contribution < -0.4 is 10.1 Å². The van der Waals surface area contributed by atoms with Crippen molar-refractivity contribution in [3.8, 4) is 5.75 Å². The fourth-order valence-electron chi connectivity index (χ4n) is 2.72. The summed E-state index contributed by atoms with van der Waals surface area (Å²) >= 11 is 0. The smallest absolute Gasteiger partial charge is 0.275 e. The number of benzene rings is 1. The molecule has 116 valence electrons. The minimum absolute atomic E-state index is 0.0790. The van der Waals surface area contributed by atoms with Crippen LogP contribution >= 0.6 is 0 Å². The average molecular weight is 292 g/mol. The maximum Gasteiger partial charge on any atom is 0.275 e. The Morgan fingerprint density at radius 2 is 2.00 bits per heavy atom. The molecule has 2 rings (SSSR count). The van der Waals surface area contributed by atoms with E-state index in [2.05, 4.69) is 12.2 Å². The first-order chi connectivity index (χ1) is 10.1. The molecule has 0 spiro atoms. The summed E-state index contributed by atoms with van der Waals surface area (Å²) in [6.45, 7) is 4.86. The minimum Gasteiger partial charge on any atom is -0.493 e. The summed E-state index contributed by atoms with van der Waals surface area (Å²) in [5.41, 5.74) is 0.866. The molecule has 1 aromatic rings. The Hall–Kier alpha value is -1.78. The van der Waals surface area contributed by atoms with E-state index in [9.17, 15) is 10.1 Å². The zero-order valence-corrected chi connectivity index (χ0v) is 12.8. The van der Waals surface area contributed by atoms with Gasteiger partial charge in [-0.25, -0.2) is 0 Å². The molecule has 0 atom stereocenters. The van der Waals surface area contributed by atoms with Gasteiger partial charge in [0.05, 0.1) is 17.6 Å². The molecule has 0 unspecified atom stereocenters. The summed E-state index contributed by atoms with van der Waals surface area (Å²) < 4.78 is 5.55. The Bertz CT molecular complexity index is 482. The van der Waals surface area contributed by atoms with Crippen LogP contribution in [0.15, 0.2) is 18.2 Å². The van der Waals surface area contributed by atoms with Gasteiger partial charge in [0.1, 0.15) is 5.75 Å². The molecule has 21 heavy (non-hydrogen) atoms. The van der Waals surface area contributed by atoms with Crippen LogP contribution in [0.5, 0.6) is 5.75 Å². The van der Waals surface area contributed by atoms with Crippen LogP contribution in [0.2, 0.25) is 0 Å². The first kappa shape index (κ1) is 15.6. The summed E-state index contributed by atoms with van der Waals surface area (Å²) in [4.78, 5) is 10.7. The van der Waals surface area contributed by atoms with Gasteiger partial charge in [0.2, 0.25) is 0 Å². The highest BCUT2D eigenvalue weighted by Gasteiger charge is 2.19. The number of hydrogen-bond acceptors (Lipinski definition) is 4. The highest BCUT2D eigenvalue weighted by molar-refractivity contribution is 5.56. The maximum absolute atomic E-state index is 11.0. The van der Waals surface area contributed by atoms with Crippen molar-refractivity contribution < 1.29 is 9.66 Å². The third-order valence-corrected chi connectivity index (χ3v) is 3.96. The molecule has 0 aromatic heterocycles. The molecule has 0 saturated heterocycles. The third kappa shape index (κ3) is 4.62. The van der Waals surface area contributed by atoms with E-state index in [4.69, 9.17) is 4.74 Å². The summed E-state index contributed by atoms with van der Waals surface area (Å²) in [5, 5.41) is 14.5. The van der Waals surface area contributed by atoms with Gasteiger partial charge < -0.3 is 10.1 Å². The molecule has 1 fully saturated rings. The van der Waals surface area contributed by atoms with Gasteiger partial charge >= 0.3 is 0 Å². The lowest BCUT2D eigenvalue weighted by atomic mass is 9.87. The molecule has 1 aliphatic carbocycles. The Morgan fingerprint density at radius 1 is 1.29 bits per heavy atom. The van der Waals surface area contributed by atoms with E-state index in [0.29, 0.717) is 18.4 Å². The number of non-ortho nitro benzene ring substituents is 1. The van der Waals surface area contributed by atoms with E-state index in [1.54, 1.807) is 6.07 Å². The van der Waals surface area contributed by atoms with Gasteiger partial charge in [-0.05, 0) is 38.0 Å². The third-order valence-electron chi connectivity index (χ3n) is 3.96. The standard InChI is InChI=1S/C16H24N2O3/c1-3-8-21-16-10-14(9-15(11-16)18(19)20)17-13-6-4-12(2)5-7-13/h9-13,17H,3-8H2,1-2H3. The number of ether oxygens (including phenoxy) is 1. The highest BCUT2D eigenvalue weighted by Crippen LogP contribution is 2.30. The first-order valence-electron chi connectivity index (χ1n) is 7.77. The minimum atomic E-state index is -0.368. The zero-order chi connectivity index (χ0) is 15.2. The largest absolute Gasteiger partial charge is 0.493 e. The fraction of sp³-hybridized carbons (Fsp3) is 0.625. The van der Waals surface area contributed by atoms with E-state index in [-0.39, 0.29) is 10.6 Å². The second-order valence-corrected chi connectivity index (χ2v) is 5.92. The van der Waals surface area contributed by atoms with Gasteiger partial charge in [-0.2, -0.15) is 0 Å². The maximum atomic E-state index is 11.0. The van der Waals surface area contributed by atoms with Crippen molar-refractivity contribution in [1.82, 2.24) is 0 Å². The number of hydrogen-bond donors (Lipinski definition) is 1. The van der Waals surface area contributed by atoms with E-state index in [1.807, 2.05) is 13.0 Å². The number of nitro benzene ring substituents is 1. The van der Waals surface area contributed by atoms with Crippen molar-refractivity contribution in [2.45, 2.75) is 52.0 Å². The van der Waals surface area contributed by atoms with Gasteiger partial charge in [-0.1, -0.05) is 13.8 Å². The SMILES string of the molecule is CCCOc1cc(NC2CCC(C)CC2)cc([N+](=O)[O-])c1. The summed E-state index contributed by atoms with van der Waals surface area (Å²) in [7, 11) is 0. The first-order valence-corrected chi connectivity index (χ1v) is 7.77. The van der Waals surface area contributed by atoms with Crippen molar-refractivity contribution in [2.24, 2.45) is 5.92 Å². The summed E-state index contributed by atoms with van der Waals surface area (Å²) in [6, 6.07) is 5.35. The molecule has 0 bridgehead atoms. The van der Waals surface area contributed by atoms with Crippen LogP contribution in [0, 0.1) is 16.0 Å². The van der Waals surface area contributed by atoms with Crippen LogP contribution in [0.25, 0.3) is 0 Å². The second kappa shape index (κ2) is 7.29. The molecule has 1 aromatic carbocycles. The van der Waals surface area contributed by atoms with E-state index < -0.39 is 0 Å². The molecular weight excluding hydrogens is 268 g/mol. The Labute approximate surface area is 125 Å². The number of rotatable bonds is 6. The summed E-state index contributed by atoms with van der Waals surface area (Å²) in [5.74, 6) is 1.36. The lowest BCUT2D eigenvalue weighted by Gasteiger charge is -2.27. The summed E-state index contributed by atoms with van der Waals surface area (Å²) in [6.07, 6.45) is 5.55. The Balaban J connectivity index is 2.09. The van der Waals surface area contributed by atoms with Gasteiger partial charge in [0, 0.05) is 23.9 Å². The van der Waals surface area contributed by atoms with E-state index in [1.165, 1.54) is 18.9 Å². The van der Waals surface area contributed by atoms with Crippen molar-refractivity contribution in [1.29, 1.82) is 0 Å². The Kier molecular flexibility index (Phi) is 5.42. The van der Waals surface area contributed by atoms with Crippen LogP contribution in [0.4, 0.5) is 11.4 Å². The molecule has 1 N–H and O–H groups in total. The van der Waals surface area contributed by atoms with Gasteiger partial charge in [-0.15, -0.1) is 0 Å².